The van der Waals surface area contributed by atoms with Crippen LogP contribution in [0.5, 0.6) is 5.75 Å². The van der Waals surface area contributed by atoms with Crippen molar-refractivity contribution in [1.29, 1.82) is 0 Å². The Morgan fingerprint density at radius 3 is 2.22 bits per heavy atom. The van der Waals surface area contributed by atoms with E-state index >= 15 is 0 Å². The van der Waals surface area contributed by atoms with Crippen molar-refractivity contribution < 1.29 is 31.5 Å². The predicted octanol–water partition coefficient (Wildman–Crippen LogP) is 3.64. The van der Waals surface area contributed by atoms with Gasteiger partial charge in [0.05, 0.1) is 7.11 Å². The number of methoxy groups -OCH3 is 1. The first-order valence-electron chi connectivity index (χ1n) is 6.71. The predicted molar refractivity (Wildman–Crippen MR) is 74.7 cm³/mol. The molecule has 0 aliphatic heterocycles. The molecular formula is C15H18F5NO2. The quantitative estimate of drug-likeness (QED) is 0.832. The van der Waals surface area contributed by atoms with Crippen LogP contribution in [0.4, 0.5) is 22.0 Å². The third-order valence-corrected chi connectivity index (χ3v) is 3.17. The fourth-order valence-corrected chi connectivity index (χ4v) is 2.03. The first kappa shape index (κ1) is 19.2. The third kappa shape index (κ3) is 4.56. The van der Waals surface area contributed by atoms with Gasteiger partial charge in [-0.3, -0.25) is 4.79 Å². The number of amides is 1. The van der Waals surface area contributed by atoms with Gasteiger partial charge in [0.25, 0.3) is 0 Å². The highest BCUT2D eigenvalue weighted by Crippen LogP contribution is 2.36. The van der Waals surface area contributed by atoms with E-state index in [0.29, 0.717) is 11.3 Å². The van der Waals surface area contributed by atoms with Gasteiger partial charge in [-0.25, -0.2) is 0 Å². The summed E-state index contributed by atoms with van der Waals surface area (Å²) in [6.07, 6.45) is -5.91. The summed E-state index contributed by atoms with van der Waals surface area (Å²) in [5.74, 6) is -7.35. The van der Waals surface area contributed by atoms with E-state index in [1.165, 1.54) is 21.0 Å². The van der Waals surface area contributed by atoms with Crippen molar-refractivity contribution in [1.82, 2.24) is 5.32 Å². The number of benzene rings is 1. The highest BCUT2D eigenvalue weighted by Gasteiger charge is 2.63. The summed E-state index contributed by atoms with van der Waals surface area (Å²) in [5, 5.41) is 1.75. The Hall–Kier alpha value is -1.86. The molecule has 8 heteroatoms. The van der Waals surface area contributed by atoms with E-state index in [1.807, 2.05) is 6.92 Å². The monoisotopic (exact) mass is 339 g/mol. The second-order valence-electron chi connectivity index (χ2n) is 5.90. The smallest absolute Gasteiger partial charge is 0.463 e. The van der Waals surface area contributed by atoms with Gasteiger partial charge in [-0.2, -0.15) is 22.0 Å². The molecule has 23 heavy (non-hydrogen) atoms. The summed E-state index contributed by atoms with van der Waals surface area (Å²) in [4.78, 5) is 11.3. The number of halogens is 5. The van der Waals surface area contributed by atoms with E-state index in [2.05, 4.69) is 0 Å². The SMILES string of the molecule is COc1cc(C)ccc1CC(C)(C)NC(=O)C(F)(F)C(F)(F)F. The maximum absolute atomic E-state index is 13.0. The first-order valence-corrected chi connectivity index (χ1v) is 6.71. The van der Waals surface area contributed by atoms with Gasteiger partial charge in [0.2, 0.25) is 0 Å². The topological polar surface area (TPSA) is 38.3 Å². The molecule has 0 heterocycles. The third-order valence-electron chi connectivity index (χ3n) is 3.17. The van der Waals surface area contributed by atoms with Crippen LogP contribution in [0.15, 0.2) is 18.2 Å². The zero-order valence-corrected chi connectivity index (χ0v) is 13.1. The average molecular weight is 339 g/mol. The highest BCUT2D eigenvalue weighted by atomic mass is 19.4. The Bertz CT molecular complexity index is 582. The molecule has 0 bridgehead atoms. The van der Waals surface area contributed by atoms with E-state index in [9.17, 15) is 26.7 Å². The van der Waals surface area contributed by atoms with Crippen LogP contribution in [0.2, 0.25) is 0 Å². The van der Waals surface area contributed by atoms with Gasteiger partial charge in [0.15, 0.2) is 0 Å². The number of carbonyl (C=O) groups is 1. The molecule has 0 spiro atoms. The van der Waals surface area contributed by atoms with Crippen molar-refractivity contribution in [2.45, 2.75) is 44.8 Å². The molecule has 1 rings (SSSR count). The number of ether oxygens (including phenoxy) is 1. The van der Waals surface area contributed by atoms with Crippen LogP contribution in [0, 0.1) is 6.92 Å². The fraction of sp³-hybridized carbons (Fsp3) is 0.533. The highest BCUT2D eigenvalue weighted by molar-refractivity contribution is 5.85. The average Bonchev–Trinajstić information content (AvgIpc) is 2.38. The maximum Gasteiger partial charge on any atom is 0.463 e. The lowest BCUT2D eigenvalue weighted by Crippen LogP contribution is -2.56. The Morgan fingerprint density at radius 2 is 1.74 bits per heavy atom. The van der Waals surface area contributed by atoms with Crippen LogP contribution in [-0.4, -0.2) is 30.7 Å². The zero-order valence-electron chi connectivity index (χ0n) is 13.1. The van der Waals surface area contributed by atoms with E-state index in [4.69, 9.17) is 4.74 Å². The largest absolute Gasteiger partial charge is 0.496 e. The second kappa shape index (κ2) is 6.33. The van der Waals surface area contributed by atoms with E-state index in [1.54, 1.807) is 23.5 Å². The lowest BCUT2D eigenvalue weighted by molar-refractivity contribution is -0.270. The first-order chi connectivity index (χ1) is 10.3. The number of carbonyl (C=O) groups excluding carboxylic acids is 1. The van der Waals surface area contributed by atoms with Gasteiger partial charge < -0.3 is 10.1 Å². The summed E-state index contributed by atoms with van der Waals surface area (Å²) in [7, 11) is 1.42. The summed E-state index contributed by atoms with van der Waals surface area (Å²) in [5.41, 5.74) is 0.156. The Balaban J connectivity index is 2.95. The van der Waals surface area contributed by atoms with Crippen LogP contribution in [-0.2, 0) is 11.2 Å². The standard InChI is InChI=1S/C15H18F5NO2/c1-9-5-6-10(11(7-9)23-4)8-13(2,3)21-12(22)14(16,17)15(18,19)20/h5-7H,8H2,1-4H3,(H,21,22). The molecule has 0 aliphatic carbocycles. The fourth-order valence-electron chi connectivity index (χ4n) is 2.03. The molecule has 3 nitrogen and oxygen atoms in total. The molecule has 1 N–H and O–H groups in total. The van der Waals surface area contributed by atoms with Crippen LogP contribution >= 0.6 is 0 Å². The van der Waals surface area contributed by atoms with E-state index in [-0.39, 0.29) is 6.42 Å². The van der Waals surface area contributed by atoms with Crippen LogP contribution in [0.3, 0.4) is 0 Å². The van der Waals surface area contributed by atoms with Crippen molar-refractivity contribution in [2.75, 3.05) is 7.11 Å². The molecule has 1 amide bonds. The normalized spacial score (nSPS) is 12.9. The molecule has 0 aromatic heterocycles. The molecule has 0 atom stereocenters. The number of aryl methyl sites for hydroxylation is 1. The van der Waals surface area contributed by atoms with E-state index < -0.39 is 23.5 Å². The van der Waals surface area contributed by atoms with Crippen molar-refractivity contribution in [3.63, 3.8) is 0 Å². The molecule has 0 unspecified atom stereocenters. The summed E-state index contributed by atoms with van der Waals surface area (Å²) in [6.45, 7) is 4.54. The van der Waals surface area contributed by atoms with Gasteiger partial charge in [-0.1, -0.05) is 12.1 Å². The molecule has 0 saturated heterocycles. The molecule has 130 valence electrons. The maximum atomic E-state index is 13.0. The molecule has 1 aromatic carbocycles. The van der Waals surface area contributed by atoms with Gasteiger partial charge in [-0.15, -0.1) is 0 Å². The van der Waals surface area contributed by atoms with Crippen LogP contribution in [0.25, 0.3) is 0 Å². The summed E-state index contributed by atoms with van der Waals surface area (Å²) < 4.78 is 67.9. The Labute approximate surface area is 130 Å². The molecule has 0 aliphatic rings. The molecule has 0 fully saturated rings. The van der Waals surface area contributed by atoms with Gasteiger partial charge >= 0.3 is 18.0 Å². The summed E-state index contributed by atoms with van der Waals surface area (Å²) in [6, 6.07) is 5.13. The lowest BCUT2D eigenvalue weighted by Gasteiger charge is -2.30. The summed E-state index contributed by atoms with van der Waals surface area (Å²) >= 11 is 0. The Kier molecular flexibility index (Phi) is 5.28. The van der Waals surface area contributed by atoms with Crippen molar-refractivity contribution in [2.24, 2.45) is 0 Å². The van der Waals surface area contributed by atoms with Crippen molar-refractivity contribution in [3.8, 4) is 5.75 Å². The number of nitrogens with one attached hydrogen (secondary N) is 1. The van der Waals surface area contributed by atoms with Gasteiger partial charge in [0.1, 0.15) is 5.75 Å². The van der Waals surface area contributed by atoms with Crippen molar-refractivity contribution >= 4 is 5.91 Å². The molecular weight excluding hydrogens is 321 g/mol. The Morgan fingerprint density at radius 1 is 1.17 bits per heavy atom. The van der Waals surface area contributed by atoms with Gasteiger partial charge in [-0.05, 0) is 44.4 Å². The molecule has 0 radical (unpaired) electrons. The second-order valence-corrected chi connectivity index (χ2v) is 5.90. The number of alkyl halides is 5. The number of hydrogen-bond acceptors (Lipinski definition) is 2. The lowest BCUT2D eigenvalue weighted by atomic mass is 9.93. The van der Waals surface area contributed by atoms with Crippen molar-refractivity contribution in [3.05, 3.63) is 29.3 Å². The van der Waals surface area contributed by atoms with Crippen LogP contribution < -0.4 is 10.1 Å². The van der Waals surface area contributed by atoms with E-state index in [0.717, 1.165) is 5.56 Å². The minimum absolute atomic E-state index is 0.0239. The minimum Gasteiger partial charge on any atom is -0.496 e. The number of rotatable bonds is 5. The zero-order chi connectivity index (χ0) is 18.1. The minimum atomic E-state index is -5.94. The van der Waals surface area contributed by atoms with Crippen LogP contribution in [0.1, 0.15) is 25.0 Å². The molecule has 0 saturated carbocycles. The number of hydrogen-bond donors (Lipinski definition) is 1. The van der Waals surface area contributed by atoms with Gasteiger partial charge in [0, 0.05) is 5.54 Å². The molecule has 1 aromatic rings.